The number of primary amides is 1. The predicted octanol–water partition coefficient (Wildman–Crippen LogP) is 2.41. The van der Waals surface area contributed by atoms with E-state index in [0.29, 0.717) is 18.7 Å². The van der Waals surface area contributed by atoms with Gasteiger partial charge in [0.05, 0.1) is 24.6 Å². The van der Waals surface area contributed by atoms with Gasteiger partial charge in [-0.2, -0.15) is 10.4 Å². The molecule has 0 radical (unpaired) electrons. The van der Waals surface area contributed by atoms with Crippen molar-refractivity contribution in [1.29, 1.82) is 5.26 Å². The molecule has 1 aliphatic rings. The first-order valence-corrected chi connectivity index (χ1v) is 9.15. The van der Waals surface area contributed by atoms with E-state index in [2.05, 4.69) is 16.5 Å². The Bertz CT molecular complexity index is 936. The molecule has 9 nitrogen and oxygen atoms in total. The van der Waals surface area contributed by atoms with Gasteiger partial charge < -0.3 is 20.7 Å². The number of nitrogens with zero attached hydrogens (tertiary/aromatic N) is 4. The molecule has 0 unspecified atom stereocenters. The van der Waals surface area contributed by atoms with Crippen LogP contribution in [0.4, 0.5) is 20.7 Å². The minimum absolute atomic E-state index is 0.124. The van der Waals surface area contributed by atoms with Gasteiger partial charge in [-0.1, -0.05) is 0 Å². The predicted molar refractivity (Wildman–Crippen MR) is 102 cm³/mol. The number of aromatic nitrogens is 2. The van der Waals surface area contributed by atoms with Crippen LogP contribution in [-0.4, -0.2) is 46.4 Å². The Morgan fingerprint density at radius 1 is 1.41 bits per heavy atom. The lowest BCUT2D eigenvalue weighted by atomic mass is 9.93. The van der Waals surface area contributed by atoms with Crippen LogP contribution in [0.3, 0.4) is 0 Å². The van der Waals surface area contributed by atoms with Crippen molar-refractivity contribution in [1.82, 2.24) is 14.7 Å². The highest BCUT2D eigenvalue weighted by atomic mass is 19.1. The van der Waals surface area contributed by atoms with Gasteiger partial charge in [-0.05, 0) is 37.6 Å². The van der Waals surface area contributed by atoms with Gasteiger partial charge in [-0.25, -0.2) is 9.18 Å². The van der Waals surface area contributed by atoms with E-state index in [0.717, 1.165) is 0 Å². The summed E-state index contributed by atoms with van der Waals surface area (Å²) in [5.41, 5.74) is 6.12. The molecule has 3 N–H and O–H groups in total. The maximum Gasteiger partial charge on any atom is 0.409 e. The number of rotatable bonds is 5. The smallest absolute Gasteiger partial charge is 0.409 e. The maximum absolute atomic E-state index is 13.1. The monoisotopic (exact) mass is 400 g/mol. The molecule has 1 aromatic heterocycles. The number of amides is 2. The molecule has 1 aliphatic heterocycles. The molecule has 29 heavy (non-hydrogen) atoms. The van der Waals surface area contributed by atoms with E-state index >= 15 is 0 Å². The number of carbonyl (C=O) groups is 2. The zero-order chi connectivity index (χ0) is 21.0. The number of halogens is 1. The van der Waals surface area contributed by atoms with Crippen LogP contribution in [0.15, 0.2) is 30.5 Å². The molecular weight excluding hydrogens is 379 g/mol. The van der Waals surface area contributed by atoms with Crippen LogP contribution < -0.4 is 11.1 Å². The van der Waals surface area contributed by atoms with Crippen molar-refractivity contribution in [2.75, 3.05) is 25.0 Å². The van der Waals surface area contributed by atoms with Crippen LogP contribution in [0.2, 0.25) is 0 Å². The highest BCUT2D eigenvalue weighted by Gasteiger charge is 2.34. The number of carbonyl (C=O) groups excluding carboxylic acids is 2. The summed E-state index contributed by atoms with van der Waals surface area (Å²) in [7, 11) is 0. The summed E-state index contributed by atoms with van der Waals surface area (Å²) in [4.78, 5) is 25.5. The van der Waals surface area contributed by atoms with E-state index in [-0.39, 0.29) is 24.5 Å². The van der Waals surface area contributed by atoms with Crippen LogP contribution in [0, 0.1) is 23.1 Å². The van der Waals surface area contributed by atoms with E-state index < -0.39 is 29.8 Å². The van der Waals surface area contributed by atoms with Gasteiger partial charge in [-0.15, -0.1) is 0 Å². The summed E-state index contributed by atoms with van der Waals surface area (Å²) in [5.74, 6) is -1.31. The fourth-order valence-electron chi connectivity index (χ4n) is 3.23. The number of benzene rings is 1. The van der Waals surface area contributed by atoms with Gasteiger partial charge in [0.1, 0.15) is 11.4 Å². The van der Waals surface area contributed by atoms with Crippen molar-refractivity contribution in [3.63, 3.8) is 0 Å². The number of ether oxygens (including phenoxy) is 1. The van der Waals surface area contributed by atoms with Crippen molar-refractivity contribution in [3.8, 4) is 6.07 Å². The molecule has 0 saturated carbocycles. The summed E-state index contributed by atoms with van der Waals surface area (Å²) in [6, 6.07) is 7.31. The molecule has 0 spiro atoms. The summed E-state index contributed by atoms with van der Waals surface area (Å²) < 4.78 is 19.6. The number of nitriles is 1. The SMILES string of the molecule is CCOC(=O)N1CC[C@@H](C#N)[C@H](n2cc(C(N)=O)c(Nc3ccc(F)cc3)n2)C1. The molecule has 0 aliphatic carbocycles. The zero-order valence-corrected chi connectivity index (χ0v) is 15.8. The first-order valence-electron chi connectivity index (χ1n) is 9.15. The number of anilines is 2. The van der Waals surface area contributed by atoms with E-state index in [1.807, 2.05) is 0 Å². The molecule has 2 amide bonds. The Kier molecular flexibility index (Phi) is 5.97. The van der Waals surface area contributed by atoms with Crippen LogP contribution in [-0.2, 0) is 4.74 Å². The van der Waals surface area contributed by atoms with Crippen LogP contribution >= 0.6 is 0 Å². The van der Waals surface area contributed by atoms with E-state index in [1.54, 1.807) is 6.92 Å². The minimum atomic E-state index is -0.701. The van der Waals surface area contributed by atoms with Crippen molar-refractivity contribution >= 4 is 23.5 Å². The van der Waals surface area contributed by atoms with Crippen LogP contribution in [0.25, 0.3) is 0 Å². The molecule has 1 fully saturated rings. The van der Waals surface area contributed by atoms with E-state index in [4.69, 9.17) is 10.5 Å². The van der Waals surface area contributed by atoms with Crippen molar-refractivity contribution in [3.05, 3.63) is 41.8 Å². The fraction of sp³-hybridized carbons (Fsp3) is 0.368. The van der Waals surface area contributed by atoms with Gasteiger partial charge in [-0.3, -0.25) is 9.48 Å². The fourth-order valence-corrected chi connectivity index (χ4v) is 3.23. The highest BCUT2D eigenvalue weighted by molar-refractivity contribution is 5.98. The second-order valence-electron chi connectivity index (χ2n) is 6.60. The van der Waals surface area contributed by atoms with Crippen molar-refractivity contribution in [2.24, 2.45) is 11.7 Å². The lowest BCUT2D eigenvalue weighted by Crippen LogP contribution is -2.44. The number of likely N-dealkylation sites (tertiary alicyclic amines) is 1. The normalized spacial score (nSPS) is 18.7. The minimum Gasteiger partial charge on any atom is -0.450 e. The Labute approximate surface area is 166 Å². The molecule has 3 rings (SSSR count). The standard InChI is InChI=1S/C19H21FN6O3/c1-2-29-19(28)25-8-7-12(9-21)16(11-25)26-10-15(17(22)27)18(24-26)23-14-5-3-13(20)4-6-14/h3-6,10,12,16H,2,7-8,11H2,1H3,(H2,22,27)(H,23,24)/t12-,16+/m0/s1. The number of piperidine rings is 1. The summed E-state index contributed by atoms with van der Waals surface area (Å²) in [6.45, 7) is 2.59. The topological polar surface area (TPSA) is 126 Å². The maximum atomic E-state index is 13.1. The first kappa shape index (κ1) is 20.1. The average Bonchev–Trinajstić information content (AvgIpc) is 3.13. The van der Waals surface area contributed by atoms with Gasteiger partial charge in [0.25, 0.3) is 5.91 Å². The number of hydrogen-bond acceptors (Lipinski definition) is 6. The molecule has 152 valence electrons. The molecule has 0 bridgehead atoms. The second kappa shape index (κ2) is 8.60. The molecule has 10 heteroatoms. The Hall–Kier alpha value is -3.61. The summed E-state index contributed by atoms with van der Waals surface area (Å²) in [6.07, 6.45) is 1.45. The van der Waals surface area contributed by atoms with Crippen molar-refractivity contribution in [2.45, 2.75) is 19.4 Å². The Balaban J connectivity index is 1.89. The summed E-state index contributed by atoms with van der Waals surface area (Å²) in [5, 5.41) is 16.9. The quantitative estimate of drug-likeness (QED) is 0.794. The number of nitrogens with one attached hydrogen (secondary N) is 1. The molecule has 1 saturated heterocycles. The van der Waals surface area contributed by atoms with Gasteiger partial charge >= 0.3 is 6.09 Å². The largest absolute Gasteiger partial charge is 0.450 e. The number of nitrogens with two attached hydrogens (primary N) is 1. The van der Waals surface area contributed by atoms with E-state index in [9.17, 15) is 19.2 Å². The molecular formula is C19H21FN6O3. The van der Waals surface area contributed by atoms with Gasteiger partial charge in [0, 0.05) is 25.0 Å². The molecule has 2 heterocycles. The zero-order valence-electron chi connectivity index (χ0n) is 15.8. The first-order chi connectivity index (χ1) is 13.9. The highest BCUT2D eigenvalue weighted by Crippen LogP contribution is 2.30. The van der Waals surface area contributed by atoms with E-state index in [1.165, 1.54) is 40.0 Å². The lowest BCUT2D eigenvalue weighted by Gasteiger charge is -2.35. The number of hydrogen-bond donors (Lipinski definition) is 2. The van der Waals surface area contributed by atoms with Crippen LogP contribution in [0.5, 0.6) is 0 Å². The third-order valence-corrected chi connectivity index (χ3v) is 4.72. The molecule has 2 atom stereocenters. The third-order valence-electron chi connectivity index (χ3n) is 4.72. The Morgan fingerprint density at radius 2 is 2.14 bits per heavy atom. The third kappa shape index (κ3) is 4.45. The van der Waals surface area contributed by atoms with Crippen LogP contribution in [0.1, 0.15) is 29.7 Å². The van der Waals surface area contributed by atoms with Crippen molar-refractivity contribution < 1.29 is 18.7 Å². The average molecular weight is 400 g/mol. The lowest BCUT2D eigenvalue weighted by molar-refractivity contribution is 0.0797. The molecule has 1 aromatic carbocycles. The van der Waals surface area contributed by atoms with Gasteiger partial charge in [0.15, 0.2) is 5.82 Å². The molecule has 2 aromatic rings. The Morgan fingerprint density at radius 3 is 2.76 bits per heavy atom. The summed E-state index contributed by atoms with van der Waals surface area (Å²) >= 11 is 0. The second-order valence-corrected chi connectivity index (χ2v) is 6.60. The van der Waals surface area contributed by atoms with Gasteiger partial charge in [0.2, 0.25) is 0 Å².